The van der Waals surface area contributed by atoms with Crippen LogP contribution in [0.3, 0.4) is 0 Å². The number of hydrogen-bond acceptors (Lipinski definition) is 3. The van der Waals surface area contributed by atoms with Crippen LogP contribution in [0, 0.1) is 39.6 Å². The lowest BCUT2D eigenvalue weighted by Gasteiger charge is -2.12. The summed E-state index contributed by atoms with van der Waals surface area (Å²) in [5.74, 6) is 2.40. The van der Waals surface area contributed by atoms with Crippen LogP contribution in [0.1, 0.15) is 19.3 Å². The molecule has 0 radical (unpaired) electrons. The van der Waals surface area contributed by atoms with Gasteiger partial charge in [-0.15, -0.1) is 0 Å². The summed E-state index contributed by atoms with van der Waals surface area (Å²) in [6.07, 6.45) is 3.91. The van der Waals surface area contributed by atoms with Gasteiger partial charge in [-0.25, -0.2) is 4.39 Å². The van der Waals surface area contributed by atoms with E-state index in [1.165, 1.54) is 31.4 Å². The Morgan fingerprint density at radius 3 is 2.55 bits per heavy atom. The molecule has 3 fully saturated rings. The van der Waals surface area contributed by atoms with Gasteiger partial charge in [0.25, 0.3) is 5.69 Å². The molecule has 4 nitrogen and oxygen atoms in total. The molecule has 0 amide bonds. The number of benzene rings is 1. The lowest BCUT2D eigenvalue weighted by molar-refractivity contribution is -0.384. The lowest BCUT2D eigenvalue weighted by atomic mass is 10.0. The van der Waals surface area contributed by atoms with E-state index in [1.807, 2.05) is 0 Å². The Morgan fingerprint density at radius 1 is 1.30 bits per heavy atom. The van der Waals surface area contributed by atoms with Crippen LogP contribution in [-0.2, 0) is 0 Å². The second kappa shape index (κ2) is 4.16. The Hall–Kier alpha value is -1.17. The standard InChI is InChI=1S/C14H14BrFN2O2/c15-8-4-11(18(19)20)10(5-9(8)16)17-14-12-6-1-2-7(3-6)13(12)14/h4-7,12-14,17H,1-3H2. The Balaban J connectivity index is 1.61. The Bertz CT molecular complexity index is 593. The molecule has 2 bridgehead atoms. The summed E-state index contributed by atoms with van der Waals surface area (Å²) in [4.78, 5) is 10.6. The summed E-state index contributed by atoms with van der Waals surface area (Å²) in [6.45, 7) is 0. The molecule has 1 aromatic carbocycles. The predicted octanol–water partition coefficient (Wildman–Crippen LogP) is 3.95. The van der Waals surface area contributed by atoms with Gasteiger partial charge in [-0.1, -0.05) is 0 Å². The molecule has 3 saturated carbocycles. The van der Waals surface area contributed by atoms with Crippen molar-refractivity contribution >= 4 is 27.3 Å². The Labute approximate surface area is 124 Å². The van der Waals surface area contributed by atoms with Crippen molar-refractivity contribution in [2.75, 3.05) is 5.32 Å². The topological polar surface area (TPSA) is 55.2 Å². The van der Waals surface area contributed by atoms with E-state index in [0.29, 0.717) is 23.6 Å². The Morgan fingerprint density at radius 2 is 1.95 bits per heavy atom. The van der Waals surface area contributed by atoms with E-state index >= 15 is 0 Å². The van der Waals surface area contributed by atoms with Crippen LogP contribution < -0.4 is 5.32 Å². The van der Waals surface area contributed by atoms with E-state index in [9.17, 15) is 14.5 Å². The molecule has 1 N–H and O–H groups in total. The van der Waals surface area contributed by atoms with Crippen molar-refractivity contribution in [1.29, 1.82) is 0 Å². The summed E-state index contributed by atoms with van der Waals surface area (Å²) < 4.78 is 13.8. The number of nitrogens with one attached hydrogen (secondary N) is 1. The van der Waals surface area contributed by atoms with Gasteiger partial charge in [0.15, 0.2) is 0 Å². The molecule has 0 spiro atoms. The molecule has 106 valence electrons. The third kappa shape index (κ3) is 1.70. The van der Waals surface area contributed by atoms with Gasteiger partial charge in [-0.05, 0) is 58.9 Å². The van der Waals surface area contributed by atoms with Crippen molar-refractivity contribution in [3.05, 3.63) is 32.5 Å². The smallest absolute Gasteiger partial charge is 0.293 e. The molecule has 1 aromatic rings. The Kier molecular flexibility index (Phi) is 2.61. The number of nitro groups is 1. The van der Waals surface area contributed by atoms with Gasteiger partial charge in [-0.3, -0.25) is 10.1 Å². The highest BCUT2D eigenvalue weighted by atomic mass is 79.9. The highest BCUT2D eigenvalue weighted by Gasteiger charge is 2.65. The second-order valence-corrected chi connectivity index (χ2v) is 7.05. The molecule has 0 saturated heterocycles. The second-order valence-electron chi connectivity index (χ2n) is 6.20. The SMILES string of the molecule is O=[N+]([O-])c1cc(Br)c(F)cc1NC1C2C3CCC(C3)C12. The third-order valence-electron chi connectivity index (χ3n) is 5.29. The minimum Gasteiger partial charge on any atom is -0.376 e. The monoisotopic (exact) mass is 340 g/mol. The first-order valence-corrected chi connectivity index (χ1v) is 7.75. The van der Waals surface area contributed by atoms with Gasteiger partial charge in [0.05, 0.1) is 9.40 Å². The van der Waals surface area contributed by atoms with Crippen LogP contribution in [-0.4, -0.2) is 11.0 Å². The third-order valence-corrected chi connectivity index (χ3v) is 5.90. The number of hydrogen-bond donors (Lipinski definition) is 1. The molecular formula is C14H14BrFN2O2. The normalized spacial score (nSPS) is 36.8. The predicted molar refractivity (Wildman–Crippen MR) is 76.0 cm³/mol. The van der Waals surface area contributed by atoms with Crippen LogP contribution in [0.5, 0.6) is 0 Å². The largest absolute Gasteiger partial charge is 0.376 e. The zero-order valence-electron chi connectivity index (χ0n) is 10.7. The number of halogens is 2. The first-order chi connectivity index (χ1) is 9.56. The van der Waals surface area contributed by atoms with Crippen LogP contribution in [0.15, 0.2) is 16.6 Å². The fourth-order valence-electron chi connectivity index (χ4n) is 4.50. The van der Waals surface area contributed by atoms with Crippen molar-refractivity contribution in [2.45, 2.75) is 25.3 Å². The van der Waals surface area contributed by atoms with E-state index in [1.54, 1.807) is 0 Å². The summed E-state index contributed by atoms with van der Waals surface area (Å²) in [5, 5.41) is 14.3. The fourth-order valence-corrected chi connectivity index (χ4v) is 4.83. The summed E-state index contributed by atoms with van der Waals surface area (Å²) in [6, 6.07) is 2.78. The van der Waals surface area contributed by atoms with Crippen LogP contribution in [0.25, 0.3) is 0 Å². The number of nitro benzene ring substituents is 1. The molecule has 4 rings (SSSR count). The highest BCUT2D eigenvalue weighted by molar-refractivity contribution is 9.10. The van der Waals surface area contributed by atoms with Gasteiger partial charge >= 0.3 is 0 Å². The molecule has 0 aliphatic heterocycles. The summed E-state index contributed by atoms with van der Waals surface area (Å²) in [7, 11) is 0. The van der Waals surface area contributed by atoms with Gasteiger partial charge in [0.2, 0.25) is 0 Å². The number of nitrogens with zero attached hydrogens (tertiary/aromatic N) is 1. The summed E-state index contributed by atoms with van der Waals surface area (Å²) >= 11 is 3.00. The van der Waals surface area contributed by atoms with Crippen LogP contribution in [0.4, 0.5) is 15.8 Å². The maximum Gasteiger partial charge on any atom is 0.293 e. The van der Waals surface area contributed by atoms with Crippen molar-refractivity contribution in [3.63, 3.8) is 0 Å². The number of rotatable bonds is 3. The van der Waals surface area contributed by atoms with Crippen molar-refractivity contribution < 1.29 is 9.31 Å². The van der Waals surface area contributed by atoms with E-state index in [2.05, 4.69) is 21.2 Å². The van der Waals surface area contributed by atoms with E-state index in [-0.39, 0.29) is 10.2 Å². The molecule has 4 unspecified atom stereocenters. The number of fused-ring (bicyclic) bond motifs is 5. The molecule has 6 heteroatoms. The van der Waals surface area contributed by atoms with Gasteiger partial charge in [-0.2, -0.15) is 0 Å². The van der Waals surface area contributed by atoms with E-state index in [0.717, 1.165) is 11.8 Å². The molecule has 20 heavy (non-hydrogen) atoms. The van der Waals surface area contributed by atoms with E-state index < -0.39 is 10.7 Å². The maximum absolute atomic E-state index is 13.6. The minimum atomic E-state index is -0.466. The first kappa shape index (κ1) is 12.6. The van der Waals surface area contributed by atoms with Crippen LogP contribution >= 0.6 is 15.9 Å². The van der Waals surface area contributed by atoms with Crippen molar-refractivity contribution in [3.8, 4) is 0 Å². The lowest BCUT2D eigenvalue weighted by Crippen LogP contribution is -2.14. The molecule has 3 aliphatic carbocycles. The molecule has 4 atom stereocenters. The van der Waals surface area contributed by atoms with Crippen molar-refractivity contribution in [1.82, 2.24) is 0 Å². The molecule has 0 aromatic heterocycles. The maximum atomic E-state index is 13.6. The zero-order valence-corrected chi connectivity index (χ0v) is 12.3. The van der Waals surface area contributed by atoms with Gasteiger partial charge in [0, 0.05) is 18.2 Å². The number of anilines is 1. The van der Waals surface area contributed by atoms with Crippen LogP contribution in [0.2, 0.25) is 0 Å². The minimum absolute atomic E-state index is 0.0596. The quantitative estimate of drug-likeness (QED) is 0.669. The van der Waals surface area contributed by atoms with Crippen molar-refractivity contribution in [2.24, 2.45) is 23.7 Å². The van der Waals surface area contributed by atoms with Gasteiger partial charge < -0.3 is 5.32 Å². The zero-order chi connectivity index (χ0) is 14.0. The molecular weight excluding hydrogens is 327 g/mol. The van der Waals surface area contributed by atoms with E-state index in [4.69, 9.17) is 0 Å². The molecule has 0 heterocycles. The van der Waals surface area contributed by atoms with Gasteiger partial charge in [0.1, 0.15) is 11.5 Å². The fraction of sp³-hybridized carbons (Fsp3) is 0.571. The molecule has 3 aliphatic rings. The highest BCUT2D eigenvalue weighted by Crippen LogP contribution is 2.66. The average Bonchev–Trinajstić information content (AvgIpc) is 2.81. The average molecular weight is 341 g/mol. The summed E-state index contributed by atoms with van der Waals surface area (Å²) in [5.41, 5.74) is 0.255. The first-order valence-electron chi connectivity index (χ1n) is 6.96.